The number of aliphatic hydroxyl groups is 1. The first-order chi connectivity index (χ1) is 18.3. The summed E-state index contributed by atoms with van der Waals surface area (Å²) in [6.45, 7) is 1.21. The van der Waals surface area contributed by atoms with E-state index in [9.17, 15) is 19.5 Å². The molecule has 2 aliphatic rings. The van der Waals surface area contributed by atoms with Crippen molar-refractivity contribution in [1.29, 1.82) is 0 Å². The van der Waals surface area contributed by atoms with Crippen molar-refractivity contribution in [2.75, 3.05) is 37.1 Å². The van der Waals surface area contributed by atoms with Crippen molar-refractivity contribution in [3.8, 4) is 11.5 Å². The van der Waals surface area contributed by atoms with Crippen LogP contribution in [-0.2, 0) is 20.8 Å². The Morgan fingerprint density at radius 1 is 1.05 bits per heavy atom. The van der Waals surface area contributed by atoms with Crippen LogP contribution in [0.2, 0.25) is 0 Å². The first kappa shape index (κ1) is 24.9. The Morgan fingerprint density at radius 3 is 2.53 bits per heavy atom. The van der Waals surface area contributed by atoms with Crippen molar-refractivity contribution in [2.45, 2.75) is 12.5 Å². The molecule has 194 valence electrons. The molecule has 3 aromatic carbocycles. The Labute approximate surface area is 219 Å². The third-order valence-corrected chi connectivity index (χ3v) is 6.75. The molecule has 5 rings (SSSR count). The molecule has 2 N–H and O–H groups in total. The van der Waals surface area contributed by atoms with E-state index in [0.29, 0.717) is 47.0 Å². The maximum absolute atomic E-state index is 13.5. The van der Waals surface area contributed by atoms with Crippen LogP contribution in [0, 0.1) is 0 Å². The summed E-state index contributed by atoms with van der Waals surface area (Å²) in [4.78, 5) is 41.3. The Hall–Kier alpha value is -4.79. The van der Waals surface area contributed by atoms with Crippen molar-refractivity contribution < 1.29 is 34.1 Å². The van der Waals surface area contributed by atoms with Gasteiger partial charge in [-0.05, 0) is 53.6 Å². The van der Waals surface area contributed by atoms with Gasteiger partial charge in [-0.15, -0.1) is 0 Å². The van der Waals surface area contributed by atoms with Crippen molar-refractivity contribution in [3.63, 3.8) is 0 Å². The van der Waals surface area contributed by atoms with Crippen molar-refractivity contribution in [3.05, 3.63) is 89.0 Å². The molecule has 1 amide bonds. The van der Waals surface area contributed by atoms with E-state index in [-0.39, 0.29) is 17.8 Å². The predicted molar refractivity (Wildman–Crippen MR) is 141 cm³/mol. The lowest BCUT2D eigenvalue weighted by Crippen LogP contribution is -2.29. The number of hydrogen-bond acceptors (Lipinski definition) is 7. The van der Waals surface area contributed by atoms with E-state index >= 15 is 0 Å². The molecule has 9 heteroatoms. The largest absolute Gasteiger partial charge is 0.507 e. The number of fused-ring (bicyclic) bond motifs is 1. The van der Waals surface area contributed by atoms with E-state index in [1.165, 1.54) is 12.0 Å². The van der Waals surface area contributed by atoms with E-state index in [1.807, 2.05) is 11.9 Å². The monoisotopic (exact) mass is 514 g/mol. The van der Waals surface area contributed by atoms with Crippen LogP contribution in [0.25, 0.3) is 5.76 Å². The molecule has 0 radical (unpaired) electrons. The third-order valence-electron chi connectivity index (χ3n) is 6.75. The Bertz CT molecular complexity index is 1460. The average molecular weight is 515 g/mol. The molecule has 1 unspecified atom stereocenters. The number of benzene rings is 3. The lowest BCUT2D eigenvalue weighted by Gasteiger charge is -2.28. The SMILES string of the molecule is COc1cccc(C2/C(=C(/O)c3ccc4c(c3)N(C)CCO4)C(=O)C(=O)N2c2ccc(CC(=O)O)cc2)c1. The maximum atomic E-state index is 13.5. The lowest BCUT2D eigenvalue weighted by atomic mass is 9.94. The molecule has 1 saturated heterocycles. The molecule has 0 saturated carbocycles. The fourth-order valence-electron chi connectivity index (χ4n) is 4.83. The first-order valence-corrected chi connectivity index (χ1v) is 12.0. The van der Waals surface area contributed by atoms with Crippen LogP contribution in [0.15, 0.2) is 72.3 Å². The predicted octanol–water partition coefficient (Wildman–Crippen LogP) is 3.78. The number of amides is 1. The van der Waals surface area contributed by atoms with Gasteiger partial charge in [-0.1, -0.05) is 24.3 Å². The summed E-state index contributed by atoms with van der Waals surface area (Å²) in [5, 5.41) is 20.6. The fraction of sp³-hybridized carbons (Fsp3) is 0.207. The maximum Gasteiger partial charge on any atom is 0.307 e. The molecule has 2 aliphatic heterocycles. The molecule has 0 spiro atoms. The first-order valence-electron chi connectivity index (χ1n) is 12.0. The van der Waals surface area contributed by atoms with Crippen LogP contribution in [0.3, 0.4) is 0 Å². The number of likely N-dealkylation sites (N-methyl/N-ethyl adjacent to an activating group) is 1. The normalized spacial score (nSPS) is 18.2. The van der Waals surface area contributed by atoms with Crippen LogP contribution in [0.4, 0.5) is 11.4 Å². The van der Waals surface area contributed by atoms with Crippen LogP contribution in [0.1, 0.15) is 22.7 Å². The molecule has 0 aliphatic carbocycles. The molecule has 1 fully saturated rings. The fourth-order valence-corrected chi connectivity index (χ4v) is 4.83. The molecule has 1 atom stereocenters. The molecule has 9 nitrogen and oxygen atoms in total. The van der Waals surface area contributed by atoms with Crippen LogP contribution >= 0.6 is 0 Å². The number of aliphatic carboxylic acids is 1. The second kappa shape index (κ2) is 9.93. The van der Waals surface area contributed by atoms with Gasteiger partial charge in [-0.2, -0.15) is 0 Å². The summed E-state index contributed by atoms with van der Waals surface area (Å²) in [6.07, 6.45) is -0.172. The molecule has 3 aromatic rings. The van der Waals surface area contributed by atoms with E-state index in [2.05, 4.69) is 0 Å². The number of methoxy groups -OCH3 is 1. The van der Waals surface area contributed by atoms with Crippen molar-refractivity contribution in [1.82, 2.24) is 0 Å². The number of hydrogen-bond donors (Lipinski definition) is 2. The Kier molecular flexibility index (Phi) is 6.50. The lowest BCUT2D eigenvalue weighted by molar-refractivity contribution is -0.136. The van der Waals surface area contributed by atoms with Gasteiger partial charge in [0, 0.05) is 18.3 Å². The summed E-state index contributed by atoms with van der Waals surface area (Å²) in [5.41, 5.74) is 2.60. The van der Waals surface area contributed by atoms with E-state index < -0.39 is 23.7 Å². The van der Waals surface area contributed by atoms with Crippen molar-refractivity contribution in [2.24, 2.45) is 0 Å². The zero-order valence-electron chi connectivity index (χ0n) is 20.9. The molecule has 2 heterocycles. The Morgan fingerprint density at radius 2 is 1.82 bits per heavy atom. The number of carboxylic acids is 1. The highest BCUT2D eigenvalue weighted by Crippen LogP contribution is 2.44. The van der Waals surface area contributed by atoms with Crippen LogP contribution < -0.4 is 19.3 Å². The number of carboxylic acid groups (broad SMARTS) is 1. The number of Topliss-reactive ketones (excluding diaryl/α,β-unsaturated/α-hetero) is 1. The highest BCUT2D eigenvalue weighted by molar-refractivity contribution is 6.51. The molecular weight excluding hydrogens is 488 g/mol. The van der Waals surface area contributed by atoms with Crippen molar-refractivity contribution >= 4 is 34.8 Å². The smallest absolute Gasteiger partial charge is 0.307 e. The summed E-state index contributed by atoms with van der Waals surface area (Å²) in [5.74, 6) is -1.71. The standard InChI is InChI=1S/C29H26N2O7/c1-30-12-13-38-23-11-8-19(16-22(23)30)27(34)25-26(18-4-3-5-21(15-18)37-2)31(29(36)28(25)35)20-9-6-17(7-10-20)14-24(32)33/h3-11,15-16,26,34H,12-14H2,1-2H3,(H,32,33)/b27-25-. The number of nitrogens with zero attached hydrogens (tertiary/aromatic N) is 2. The molecule has 38 heavy (non-hydrogen) atoms. The summed E-state index contributed by atoms with van der Waals surface area (Å²) in [6, 6.07) is 17.5. The van der Waals surface area contributed by atoms with Gasteiger partial charge >= 0.3 is 5.97 Å². The van der Waals surface area contributed by atoms with Crippen LogP contribution in [0.5, 0.6) is 11.5 Å². The summed E-state index contributed by atoms with van der Waals surface area (Å²) < 4.78 is 11.1. The van der Waals surface area contributed by atoms with Gasteiger partial charge in [0.1, 0.15) is 23.9 Å². The molecular formula is C29H26N2O7. The number of anilines is 2. The van der Waals surface area contributed by atoms with Gasteiger partial charge in [0.15, 0.2) is 0 Å². The number of aliphatic hydroxyl groups excluding tert-OH is 1. The highest BCUT2D eigenvalue weighted by Gasteiger charge is 2.47. The van der Waals surface area contributed by atoms with Gasteiger partial charge < -0.3 is 24.6 Å². The minimum absolute atomic E-state index is 0.0582. The zero-order chi connectivity index (χ0) is 27.0. The second-order valence-corrected chi connectivity index (χ2v) is 9.14. The van der Waals surface area contributed by atoms with Gasteiger partial charge in [0.25, 0.3) is 11.7 Å². The average Bonchev–Trinajstić information content (AvgIpc) is 3.18. The van der Waals surface area contributed by atoms with E-state index in [4.69, 9.17) is 14.6 Å². The zero-order valence-corrected chi connectivity index (χ0v) is 20.9. The van der Waals surface area contributed by atoms with Gasteiger partial charge in [0.2, 0.25) is 0 Å². The highest BCUT2D eigenvalue weighted by atomic mass is 16.5. The number of carbonyl (C=O) groups excluding carboxylic acids is 2. The van der Waals surface area contributed by atoms with E-state index in [1.54, 1.807) is 66.7 Å². The van der Waals surface area contributed by atoms with E-state index in [0.717, 1.165) is 5.69 Å². The van der Waals surface area contributed by atoms with Gasteiger partial charge in [-0.25, -0.2) is 0 Å². The number of carbonyl (C=O) groups is 3. The molecule has 0 aromatic heterocycles. The second-order valence-electron chi connectivity index (χ2n) is 9.14. The number of ketones is 1. The Balaban J connectivity index is 1.66. The minimum atomic E-state index is -0.976. The topological polar surface area (TPSA) is 117 Å². The van der Waals surface area contributed by atoms with Crippen LogP contribution in [-0.4, -0.2) is 55.2 Å². The minimum Gasteiger partial charge on any atom is -0.507 e. The molecule has 0 bridgehead atoms. The van der Waals surface area contributed by atoms with Gasteiger partial charge in [0.05, 0.1) is 37.4 Å². The summed E-state index contributed by atoms with van der Waals surface area (Å²) >= 11 is 0. The number of rotatable bonds is 6. The quantitative estimate of drug-likeness (QED) is 0.290. The number of ether oxygens (including phenoxy) is 2. The third kappa shape index (κ3) is 4.43. The summed E-state index contributed by atoms with van der Waals surface area (Å²) in [7, 11) is 3.43. The van der Waals surface area contributed by atoms with Gasteiger partial charge in [-0.3, -0.25) is 19.3 Å².